The molecule has 2 amide bonds. The first-order chi connectivity index (χ1) is 9.53. The van der Waals surface area contributed by atoms with Crippen LogP contribution in [0.3, 0.4) is 0 Å². The summed E-state index contributed by atoms with van der Waals surface area (Å²) in [5.41, 5.74) is -0.166. The van der Waals surface area contributed by atoms with E-state index in [4.69, 9.17) is 10.2 Å². The number of carboxylic acids is 2. The Morgan fingerprint density at radius 3 is 2.19 bits per heavy atom. The normalized spacial score (nSPS) is 12.8. The topological polar surface area (TPSA) is 119 Å². The third-order valence-corrected chi connectivity index (χ3v) is 2.72. The molecule has 0 aliphatic rings. The molecular weight excluding hydrogens is 278 g/mol. The van der Waals surface area contributed by atoms with Crippen molar-refractivity contribution in [1.82, 2.24) is 15.5 Å². The molecule has 0 heterocycles. The summed E-state index contributed by atoms with van der Waals surface area (Å²) in [4.78, 5) is 35.1. The van der Waals surface area contributed by atoms with Crippen LogP contribution in [0, 0.1) is 5.41 Å². The van der Waals surface area contributed by atoms with Crippen molar-refractivity contribution in [2.75, 3.05) is 27.2 Å². The number of carbonyl (C=O) groups is 3. The molecule has 0 fully saturated rings. The molecule has 0 aliphatic carbocycles. The van der Waals surface area contributed by atoms with Crippen LogP contribution in [0.15, 0.2) is 0 Å². The van der Waals surface area contributed by atoms with Gasteiger partial charge in [-0.2, -0.15) is 0 Å². The zero-order valence-electron chi connectivity index (χ0n) is 13.0. The molecular formula is C13H25N3O5. The minimum absolute atomic E-state index is 0.154. The molecule has 0 aromatic heterocycles. The number of nitrogens with zero attached hydrogens (tertiary/aromatic N) is 1. The van der Waals surface area contributed by atoms with Gasteiger partial charge in [-0.05, 0) is 25.9 Å². The summed E-state index contributed by atoms with van der Waals surface area (Å²) in [7, 11) is 3.85. The molecule has 0 rings (SSSR count). The van der Waals surface area contributed by atoms with E-state index in [0.717, 1.165) is 6.54 Å². The third kappa shape index (κ3) is 9.67. The average Bonchev–Trinajstić information content (AvgIpc) is 2.29. The quantitative estimate of drug-likeness (QED) is 0.483. The first kappa shape index (κ1) is 19.2. The van der Waals surface area contributed by atoms with E-state index in [1.807, 2.05) is 32.8 Å². The lowest BCUT2D eigenvalue weighted by Crippen LogP contribution is -2.49. The van der Waals surface area contributed by atoms with Gasteiger partial charge < -0.3 is 25.7 Å². The van der Waals surface area contributed by atoms with Gasteiger partial charge in [-0.1, -0.05) is 13.8 Å². The summed E-state index contributed by atoms with van der Waals surface area (Å²) in [5, 5.41) is 22.4. The molecule has 0 spiro atoms. The standard InChI is InChI=1S/C13H25N3O5/c1-13(2,8-16(3)4)7-14-12(21)15-9(11(19)20)5-6-10(17)18/h9H,5-8H2,1-4H3,(H,17,18)(H,19,20)(H2,14,15,21). The van der Waals surface area contributed by atoms with Crippen LogP contribution in [-0.2, 0) is 9.59 Å². The van der Waals surface area contributed by atoms with Gasteiger partial charge >= 0.3 is 18.0 Å². The summed E-state index contributed by atoms with van der Waals surface area (Å²) in [6.07, 6.45) is -0.470. The lowest BCUT2D eigenvalue weighted by atomic mass is 9.93. The summed E-state index contributed by atoms with van der Waals surface area (Å²) < 4.78 is 0. The maximum absolute atomic E-state index is 11.7. The number of hydrogen-bond donors (Lipinski definition) is 4. The van der Waals surface area contributed by atoms with Crippen LogP contribution in [-0.4, -0.2) is 66.3 Å². The molecule has 8 heteroatoms. The predicted octanol–water partition coefficient (Wildman–Crippen LogP) is 0.191. The Labute approximate surface area is 124 Å². The van der Waals surface area contributed by atoms with Crippen LogP contribution >= 0.6 is 0 Å². The summed E-state index contributed by atoms with van der Waals surface area (Å²) in [6.45, 7) is 5.09. The Morgan fingerprint density at radius 1 is 1.19 bits per heavy atom. The Bertz CT molecular complexity index is 382. The molecule has 0 saturated carbocycles. The van der Waals surface area contributed by atoms with Crippen molar-refractivity contribution < 1.29 is 24.6 Å². The molecule has 0 aromatic carbocycles. The number of carboxylic acid groups (broad SMARTS) is 2. The minimum atomic E-state index is -1.25. The van der Waals surface area contributed by atoms with E-state index in [0.29, 0.717) is 6.54 Å². The van der Waals surface area contributed by atoms with Gasteiger partial charge in [0.25, 0.3) is 0 Å². The summed E-state index contributed by atoms with van der Waals surface area (Å²) in [6, 6.07) is -1.82. The molecule has 0 radical (unpaired) electrons. The van der Waals surface area contributed by atoms with E-state index in [9.17, 15) is 14.4 Å². The van der Waals surface area contributed by atoms with Crippen molar-refractivity contribution >= 4 is 18.0 Å². The average molecular weight is 303 g/mol. The Kier molecular flexibility index (Phi) is 7.72. The van der Waals surface area contributed by atoms with Crippen molar-refractivity contribution in [2.24, 2.45) is 5.41 Å². The van der Waals surface area contributed by atoms with E-state index in [2.05, 4.69) is 10.6 Å². The van der Waals surface area contributed by atoms with Gasteiger partial charge in [-0.25, -0.2) is 9.59 Å². The second-order valence-corrected chi connectivity index (χ2v) is 6.05. The number of urea groups is 1. The van der Waals surface area contributed by atoms with E-state index in [1.165, 1.54) is 0 Å². The SMILES string of the molecule is CN(C)CC(C)(C)CNC(=O)NC(CCC(=O)O)C(=O)O. The molecule has 21 heavy (non-hydrogen) atoms. The number of hydrogen-bond acceptors (Lipinski definition) is 4. The van der Waals surface area contributed by atoms with Crippen LogP contribution in [0.25, 0.3) is 0 Å². The van der Waals surface area contributed by atoms with E-state index in [-0.39, 0.29) is 18.3 Å². The van der Waals surface area contributed by atoms with Crippen LogP contribution in [0.4, 0.5) is 4.79 Å². The number of amides is 2. The third-order valence-electron chi connectivity index (χ3n) is 2.72. The second kappa shape index (κ2) is 8.46. The maximum atomic E-state index is 11.7. The van der Waals surface area contributed by atoms with Crippen molar-refractivity contribution in [2.45, 2.75) is 32.7 Å². The predicted molar refractivity (Wildman–Crippen MR) is 77.2 cm³/mol. The first-order valence-corrected chi connectivity index (χ1v) is 6.67. The van der Waals surface area contributed by atoms with Gasteiger partial charge in [0.2, 0.25) is 0 Å². The molecule has 0 aliphatic heterocycles. The van der Waals surface area contributed by atoms with Crippen molar-refractivity contribution in [3.05, 3.63) is 0 Å². The molecule has 1 unspecified atom stereocenters. The van der Waals surface area contributed by atoms with Crippen molar-refractivity contribution in [3.8, 4) is 0 Å². The van der Waals surface area contributed by atoms with Crippen LogP contribution in [0.1, 0.15) is 26.7 Å². The number of carbonyl (C=O) groups excluding carboxylic acids is 1. The lowest BCUT2D eigenvalue weighted by Gasteiger charge is -2.28. The van der Waals surface area contributed by atoms with Crippen LogP contribution < -0.4 is 10.6 Å². The highest BCUT2D eigenvalue weighted by atomic mass is 16.4. The largest absolute Gasteiger partial charge is 0.481 e. The molecule has 1 atom stereocenters. The Morgan fingerprint density at radius 2 is 1.76 bits per heavy atom. The fraction of sp³-hybridized carbons (Fsp3) is 0.769. The summed E-state index contributed by atoms with van der Waals surface area (Å²) in [5.74, 6) is -2.35. The molecule has 8 nitrogen and oxygen atoms in total. The van der Waals surface area contributed by atoms with Crippen molar-refractivity contribution in [1.29, 1.82) is 0 Å². The summed E-state index contributed by atoms with van der Waals surface area (Å²) >= 11 is 0. The van der Waals surface area contributed by atoms with E-state index >= 15 is 0 Å². The molecule has 0 saturated heterocycles. The maximum Gasteiger partial charge on any atom is 0.326 e. The molecule has 0 aromatic rings. The first-order valence-electron chi connectivity index (χ1n) is 6.67. The highest BCUT2D eigenvalue weighted by molar-refractivity contribution is 5.83. The molecule has 122 valence electrons. The highest BCUT2D eigenvalue weighted by Gasteiger charge is 2.23. The van der Waals surface area contributed by atoms with Gasteiger partial charge in [0.1, 0.15) is 6.04 Å². The molecule has 4 N–H and O–H groups in total. The van der Waals surface area contributed by atoms with Gasteiger partial charge in [-0.3, -0.25) is 4.79 Å². The minimum Gasteiger partial charge on any atom is -0.481 e. The fourth-order valence-corrected chi connectivity index (χ4v) is 1.97. The monoisotopic (exact) mass is 303 g/mol. The van der Waals surface area contributed by atoms with Gasteiger partial charge in [-0.15, -0.1) is 0 Å². The Hall–Kier alpha value is -1.83. The van der Waals surface area contributed by atoms with Gasteiger partial charge in [0, 0.05) is 19.5 Å². The lowest BCUT2D eigenvalue weighted by molar-refractivity contribution is -0.140. The Balaban J connectivity index is 4.32. The van der Waals surface area contributed by atoms with Gasteiger partial charge in [0.05, 0.1) is 0 Å². The zero-order chi connectivity index (χ0) is 16.6. The number of aliphatic carboxylic acids is 2. The fourth-order valence-electron chi connectivity index (χ4n) is 1.97. The van der Waals surface area contributed by atoms with E-state index < -0.39 is 24.0 Å². The number of rotatable bonds is 9. The van der Waals surface area contributed by atoms with Crippen LogP contribution in [0.5, 0.6) is 0 Å². The second-order valence-electron chi connectivity index (χ2n) is 6.05. The van der Waals surface area contributed by atoms with Crippen molar-refractivity contribution in [3.63, 3.8) is 0 Å². The zero-order valence-corrected chi connectivity index (χ0v) is 13.0. The van der Waals surface area contributed by atoms with E-state index in [1.54, 1.807) is 0 Å². The smallest absolute Gasteiger partial charge is 0.326 e. The number of nitrogens with one attached hydrogen (secondary N) is 2. The van der Waals surface area contributed by atoms with Crippen LogP contribution in [0.2, 0.25) is 0 Å². The van der Waals surface area contributed by atoms with Gasteiger partial charge in [0.15, 0.2) is 0 Å². The highest BCUT2D eigenvalue weighted by Crippen LogP contribution is 2.13. The molecule has 0 bridgehead atoms.